The molecule has 0 aromatic heterocycles. The largest absolute Gasteiger partial charge is 0.394 e. The number of hydrogen-bond acceptors (Lipinski definition) is 3. The molecule has 0 bridgehead atoms. The van der Waals surface area contributed by atoms with E-state index in [-0.39, 0.29) is 18.2 Å². The minimum atomic E-state index is -0.225. The van der Waals surface area contributed by atoms with Gasteiger partial charge in [0.1, 0.15) is 0 Å². The SMILES string of the molecule is CC(C)NC(C)(CO)CC(C)OCC1CC1. The molecule has 0 spiro atoms. The second kappa shape index (κ2) is 5.99. The molecule has 2 N–H and O–H groups in total. The third-order valence-electron chi connectivity index (χ3n) is 3.04. The smallest absolute Gasteiger partial charge is 0.0611 e. The Morgan fingerprint density at radius 3 is 2.44 bits per heavy atom. The lowest BCUT2D eigenvalue weighted by atomic mass is 9.95. The van der Waals surface area contributed by atoms with Gasteiger partial charge in [0.15, 0.2) is 0 Å². The molecule has 3 nitrogen and oxygen atoms in total. The van der Waals surface area contributed by atoms with Gasteiger partial charge >= 0.3 is 0 Å². The standard InChI is InChI=1S/C13H27NO2/c1-10(2)14-13(4,9-15)7-11(3)16-8-12-5-6-12/h10-12,14-15H,5-9H2,1-4H3. The van der Waals surface area contributed by atoms with Gasteiger partial charge < -0.3 is 15.2 Å². The predicted molar refractivity (Wildman–Crippen MR) is 66.5 cm³/mol. The van der Waals surface area contributed by atoms with Crippen LogP contribution in [0.3, 0.4) is 0 Å². The monoisotopic (exact) mass is 229 g/mol. The van der Waals surface area contributed by atoms with Gasteiger partial charge in [0.05, 0.1) is 12.7 Å². The summed E-state index contributed by atoms with van der Waals surface area (Å²) in [6, 6.07) is 0.382. The van der Waals surface area contributed by atoms with Crippen molar-refractivity contribution in [3.05, 3.63) is 0 Å². The number of hydrogen-bond donors (Lipinski definition) is 2. The first kappa shape index (κ1) is 13.9. The van der Waals surface area contributed by atoms with E-state index in [4.69, 9.17) is 4.74 Å². The van der Waals surface area contributed by atoms with Crippen LogP contribution in [0.4, 0.5) is 0 Å². The molecule has 1 fully saturated rings. The van der Waals surface area contributed by atoms with Crippen molar-refractivity contribution < 1.29 is 9.84 Å². The molecular weight excluding hydrogens is 202 g/mol. The third kappa shape index (κ3) is 5.28. The average molecular weight is 229 g/mol. The zero-order valence-electron chi connectivity index (χ0n) is 11.1. The first-order chi connectivity index (χ1) is 7.45. The molecule has 0 aliphatic heterocycles. The summed E-state index contributed by atoms with van der Waals surface area (Å²) in [7, 11) is 0. The second-order valence-corrected chi connectivity index (χ2v) is 5.81. The summed E-state index contributed by atoms with van der Waals surface area (Å²) in [6.45, 7) is 9.40. The maximum atomic E-state index is 9.45. The Balaban J connectivity index is 2.28. The Kier molecular flexibility index (Phi) is 5.22. The minimum Gasteiger partial charge on any atom is -0.394 e. The fourth-order valence-corrected chi connectivity index (χ4v) is 2.14. The van der Waals surface area contributed by atoms with Crippen molar-refractivity contribution in [3.63, 3.8) is 0 Å². The quantitative estimate of drug-likeness (QED) is 0.668. The summed E-state index contributed by atoms with van der Waals surface area (Å²) in [5.41, 5.74) is -0.225. The number of nitrogens with one attached hydrogen (secondary N) is 1. The molecule has 96 valence electrons. The van der Waals surface area contributed by atoms with Crippen LogP contribution in [0.2, 0.25) is 0 Å². The van der Waals surface area contributed by atoms with Gasteiger partial charge in [0.25, 0.3) is 0 Å². The molecule has 1 saturated carbocycles. The van der Waals surface area contributed by atoms with Gasteiger partial charge in [-0.1, -0.05) is 13.8 Å². The number of rotatable bonds is 8. The van der Waals surface area contributed by atoms with Crippen molar-refractivity contribution in [2.45, 2.75) is 64.6 Å². The van der Waals surface area contributed by atoms with Crippen molar-refractivity contribution in [1.82, 2.24) is 5.32 Å². The molecule has 0 radical (unpaired) electrons. The summed E-state index contributed by atoms with van der Waals surface area (Å²) < 4.78 is 5.79. The molecule has 0 saturated heterocycles. The Hall–Kier alpha value is -0.120. The van der Waals surface area contributed by atoms with Gasteiger partial charge in [0.2, 0.25) is 0 Å². The second-order valence-electron chi connectivity index (χ2n) is 5.81. The molecule has 16 heavy (non-hydrogen) atoms. The number of aliphatic hydroxyl groups is 1. The Labute approximate surface area is 99.6 Å². The highest BCUT2D eigenvalue weighted by atomic mass is 16.5. The first-order valence-corrected chi connectivity index (χ1v) is 6.45. The van der Waals surface area contributed by atoms with Crippen LogP contribution in [0, 0.1) is 5.92 Å². The van der Waals surface area contributed by atoms with Crippen molar-refractivity contribution in [2.24, 2.45) is 5.92 Å². The molecule has 1 aliphatic rings. The van der Waals surface area contributed by atoms with E-state index in [2.05, 4.69) is 33.0 Å². The molecule has 0 heterocycles. The van der Waals surface area contributed by atoms with E-state index < -0.39 is 0 Å². The highest BCUT2D eigenvalue weighted by Gasteiger charge is 2.28. The summed E-state index contributed by atoms with van der Waals surface area (Å²) in [4.78, 5) is 0. The zero-order chi connectivity index (χ0) is 12.2. The van der Waals surface area contributed by atoms with Crippen molar-refractivity contribution in [2.75, 3.05) is 13.2 Å². The van der Waals surface area contributed by atoms with E-state index in [0.717, 1.165) is 18.9 Å². The van der Waals surface area contributed by atoms with Crippen LogP contribution >= 0.6 is 0 Å². The third-order valence-corrected chi connectivity index (χ3v) is 3.04. The summed E-state index contributed by atoms with van der Waals surface area (Å²) in [6.07, 6.45) is 3.72. The van der Waals surface area contributed by atoms with E-state index in [1.807, 2.05) is 0 Å². The van der Waals surface area contributed by atoms with E-state index >= 15 is 0 Å². The lowest BCUT2D eigenvalue weighted by Crippen LogP contribution is -2.51. The van der Waals surface area contributed by atoms with Crippen molar-refractivity contribution in [3.8, 4) is 0 Å². The molecule has 1 rings (SSSR count). The van der Waals surface area contributed by atoms with Gasteiger partial charge in [-0.15, -0.1) is 0 Å². The number of ether oxygens (including phenoxy) is 1. The van der Waals surface area contributed by atoms with Crippen LogP contribution in [-0.2, 0) is 4.74 Å². The van der Waals surface area contributed by atoms with Gasteiger partial charge in [-0.2, -0.15) is 0 Å². The topological polar surface area (TPSA) is 41.5 Å². The lowest BCUT2D eigenvalue weighted by molar-refractivity contribution is 0.0210. The highest BCUT2D eigenvalue weighted by Crippen LogP contribution is 2.29. The van der Waals surface area contributed by atoms with Crippen LogP contribution in [0.25, 0.3) is 0 Å². The van der Waals surface area contributed by atoms with Crippen LogP contribution in [0.15, 0.2) is 0 Å². The minimum absolute atomic E-state index is 0.155. The average Bonchev–Trinajstić information content (AvgIpc) is 2.96. The van der Waals surface area contributed by atoms with Gasteiger partial charge in [-0.25, -0.2) is 0 Å². The van der Waals surface area contributed by atoms with Crippen molar-refractivity contribution in [1.29, 1.82) is 0 Å². The highest BCUT2D eigenvalue weighted by molar-refractivity contribution is 4.86. The Morgan fingerprint density at radius 2 is 2.00 bits per heavy atom. The molecule has 3 heteroatoms. The van der Waals surface area contributed by atoms with E-state index in [1.54, 1.807) is 0 Å². The van der Waals surface area contributed by atoms with Gasteiger partial charge in [-0.3, -0.25) is 0 Å². The molecular formula is C13H27NO2. The fraction of sp³-hybridized carbons (Fsp3) is 1.00. The van der Waals surface area contributed by atoms with E-state index in [1.165, 1.54) is 12.8 Å². The molecule has 0 aromatic carbocycles. The molecule has 0 amide bonds. The summed E-state index contributed by atoms with van der Waals surface area (Å²) in [5.74, 6) is 0.806. The maximum Gasteiger partial charge on any atom is 0.0611 e. The maximum absolute atomic E-state index is 9.45. The lowest BCUT2D eigenvalue weighted by Gasteiger charge is -2.33. The Morgan fingerprint density at radius 1 is 1.38 bits per heavy atom. The van der Waals surface area contributed by atoms with Gasteiger partial charge in [-0.05, 0) is 39.0 Å². The normalized spacial score (nSPS) is 22.1. The molecule has 0 aromatic rings. The summed E-state index contributed by atoms with van der Waals surface area (Å²) >= 11 is 0. The van der Waals surface area contributed by atoms with E-state index in [9.17, 15) is 5.11 Å². The van der Waals surface area contributed by atoms with Crippen LogP contribution < -0.4 is 5.32 Å². The van der Waals surface area contributed by atoms with Crippen LogP contribution in [0.1, 0.15) is 47.0 Å². The predicted octanol–water partition coefficient (Wildman–Crippen LogP) is 1.94. The first-order valence-electron chi connectivity index (χ1n) is 6.45. The number of aliphatic hydroxyl groups excluding tert-OH is 1. The molecule has 2 atom stereocenters. The summed E-state index contributed by atoms with van der Waals surface area (Å²) in [5, 5.41) is 12.9. The van der Waals surface area contributed by atoms with Gasteiger partial charge in [0, 0.05) is 18.2 Å². The molecule has 1 aliphatic carbocycles. The fourth-order valence-electron chi connectivity index (χ4n) is 2.14. The Bertz CT molecular complexity index is 204. The van der Waals surface area contributed by atoms with Crippen LogP contribution in [-0.4, -0.2) is 36.0 Å². The van der Waals surface area contributed by atoms with E-state index in [0.29, 0.717) is 6.04 Å². The molecule has 2 unspecified atom stereocenters. The van der Waals surface area contributed by atoms with Crippen LogP contribution in [0.5, 0.6) is 0 Å². The van der Waals surface area contributed by atoms with Crippen molar-refractivity contribution >= 4 is 0 Å². The zero-order valence-corrected chi connectivity index (χ0v) is 11.1.